The minimum absolute atomic E-state index is 0.0432. The van der Waals surface area contributed by atoms with Crippen molar-refractivity contribution in [3.05, 3.63) is 130 Å². The van der Waals surface area contributed by atoms with Gasteiger partial charge in [-0.1, -0.05) is 96.7 Å². The molecule has 0 bridgehead atoms. The maximum atomic E-state index is 14.7. The minimum Gasteiger partial charge on any atom is -0.352 e. The second-order valence-electron chi connectivity index (χ2n) is 12.5. The van der Waals surface area contributed by atoms with Gasteiger partial charge in [0.05, 0.1) is 10.6 Å². The van der Waals surface area contributed by atoms with Crippen LogP contribution in [0.5, 0.6) is 0 Å². The molecule has 9 heteroatoms. The number of hydrogen-bond acceptors (Lipinski definition) is 4. The number of benzene rings is 4. The van der Waals surface area contributed by atoms with Crippen molar-refractivity contribution in [1.82, 2.24) is 10.2 Å². The molecule has 7 nitrogen and oxygen atoms in total. The van der Waals surface area contributed by atoms with Crippen LogP contribution in [0.1, 0.15) is 53.5 Å². The molecule has 4 aromatic carbocycles. The summed E-state index contributed by atoms with van der Waals surface area (Å²) in [6, 6.07) is 28.0. The molecule has 0 spiro atoms. The van der Waals surface area contributed by atoms with E-state index >= 15 is 0 Å². The Labute approximate surface area is 283 Å². The van der Waals surface area contributed by atoms with Crippen LogP contribution in [0.25, 0.3) is 0 Å². The van der Waals surface area contributed by atoms with E-state index in [2.05, 4.69) is 5.32 Å². The predicted molar refractivity (Wildman–Crippen MR) is 188 cm³/mol. The van der Waals surface area contributed by atoms with Gasteiger partial charge in [-0.25, -0.2) is 8.42 Å². The largest absolute Gasteiger partial charge is 0.352 e. The van der Waals surface area contributed by atoms with E-state index in [1.807, 2.05) is 75.4 Å². The topological polar surface area (TPSA) is 86.8 Å². The molecule has 4 aromatic rings. The third kappa shape index (κ3) is 8.62. The van der Waals surface area contributed by atoms with E-state index in [-0.39, 0.29) is 29.8 Å². The highest BCUT2D eigenvalue weighted by Crippen LogP contribution is 2.29. The molecule has 1 aliphatic rings. The molecule has 1 aliphatic carbocycles. The van der Waals surface area contributed by atoms with Gasteiger partial charge < -0.3 is 10.2 Å². The molecule has 246 valence electrons. The highest BCUT2D eigenvalue weighted by Gasteiger charge is 2.36. The van der Waals surface area contributed by atoms with Crippen molar-refractivity contribution >= 4 is 39.1 Å². The summed E-state index contributed by atoms with van der Waals surface area (Å²) >= 11 is 6.19. The number of nitrogens with zero attached hydrogens (tertiary/aromatic N) is 2. The zero-order chi connectivity index (χ0) is 33.6. The van der Waals surface area contributed by atoms with Crippen LogP contribution in [0.3, 0.4) is 0 Å². The Balaban J connectivity index is 1.58. The van der Waals surface area contributed by atoms with E-state index in [1.165, 1.54) is 9.21 Å². The maximum absolute atomic E-state index is 14.7. The van der Waals surface area contributed by atoms with E-state index in [9.17, 15) is 18.0 Å². The Morgan fingerprint density at radius 3 is 2.13 bits per heavy atom. The summed E-state index contributed by atoms with van der Waals surface area (Å²) in [5.74, 6) is -0.734. The zero-order valence-electron chi connectivity index (χ0n) is 27.2. The molecule has 1 saturated carbocycles. The first-order valence-corrected chi connectivity index (χ1v) is 17.9. The lowest BCUT2D eigenvalue weighted by Crippen LogP contribution is -2.54. The fourth-order valence-electron chi connectivity index (χ4n) is 6.05. The van der Waals surface area contributed by atoms with Crippen molar-refractivity contribution in [2.24, 2.45) is 0 Å². The van der Waals surface area contributed by atoms with Crippen LogP contribution in [-0.2, 0) is 32.6 Å². The number of hydrogen-bond donors (Lipinski definition) is 1. The van der Waals surface area contributed by atoms with E-state index in [0.717, 1.165) is 47.9 Å². The van der Waals surface area contributed by atoms with Crippen LogP contribution >= 0.6 is 11.6 Å². The third-order valence-corrected chi connectivity index (χ3v) is 10.8. The number of aryl methyl sites for hydroxylation is 3. The smallest absolute Gasteiger partial charge is 0.264 e. The minimum atomic E-state index is -4.17. The number of rotatable bonds is 12. The molecule has 0 unspecified atom stereocenters. The third-order valence-electron chi connectivity index (χ3n) is 8.76. The van der Waals surface area contributed by atoms with Gasteiger partial charge in [0, 0.05) is 24.0 Å². The number of sulfonamides is 1. The van der Waals surface area contributed by atoms with Gasteiger partial charge in [0.25, 0.3) is 10.0 Å². The van der Waals surface area contributed by atoms with Gasteiger partial charge >= 0.3 is 0 Å². The van der Waals surface area contributed by atoms with Crippen LogP contribution in [0, 0.1) is 20.8 Å². The van der Waals surface area contributed by atoms with E-state index in [0.29, 0.717) is 16.3 Å². The monoisotopic (exact) mass is 671 g/mol. The fourth-order valence-corrected chi connectivity index (χ4v) is 7.64. The van der Waals surface area contributed by atoms with E-state index in [4.69, 9.17) is 11.6 Å². The van der Waals surface area contributed by atoms with Crippen molar-refractivity contribution in [2.45, 2.75) is 76.4 Å². The normalized spacial score (nSPS) is 14.0. The summed E-state index contributed by atoms with van der Waals surface area (Å²) in [6.07, 6.45) is 4.15. The summed E-state index contributed by atoms with van der Waals surface area (Å²) < 4.78 is 29.9. The Hall–Kier alpha value is -4.14. The quantitative estimate of drug-likeness (QED) is 0.173. The Morgan fingerprint density at radius 1 is 0.830 bits per heavy atom. The average Bonchev–Trinajstić information content (AvgIpc) is 3.57. The first-order chi connectivity index (χ1) is 22.5. The van der Waals surface area contributed by atoms with Crippen molar-refractivity contribution in [3.63, 3.8) is 0 Å². The van der Waals surface area contributed by atoms with Crippen LogP contribution in [0.15, 0.2) is 102 Å². The molecule has 1 fully saturated rings. The van der Waals surface area contributed by atoms with Gasteiger partial charge in [0.15, 0.2) is 0 Å². The van der Waals surface area contributed by atoms with Crippen LogP contribution in [0.4, 0.5) is 5.69 Å². The summed E-state index contributed by atoms with van der Waals surface area (Å²) in [7, 11) is -4.17. The lowest BCUT2D eigenvalue weighted by Gasteiger charge is -2.34. The summed E-state index contributed by atoms with van der Waals surface area (Å²) in [4.78, 5) is 30.5. The molecule has 0 aromatic heterocycles. The first-order valence-electron chi connectivity index (χ1n) is 16.1. The molecule has 2 amide bonds. The summed E-state index contributed by atoms with van der Waals surface area (Å²) in [6.45, 7) is 5.21. The molecule has 0 aliphatic heterocycles. The fraction of sp³-hybridized carbons (Fsp3) is 0.316. The molecular formula is C38H42ClN3O4S. The maximum Gasteiger partial charge on any atom is 0.264 e. The molecular weight excluding hydrogens is 630 g/mol. The number of carbonyl (C=O) groups excluding carboxylic acids is 2. The highest BCUT2D eigenvalue weighted by atomic mass is 35.5. The van der Waals surface area contributed by atoms with Gasteiger partial charge in [0.2, 0.25) is 11.8 Å². The standard InChI is InChI=1S/C38H42ClN3O4S/c1-27-14-21-34(22-15-27)47(45,46)42(35-23-28(2)13-16-29(35)3)26-37(43)41(25-31-17-19-32(39)20-18-31)36(24-30-9-5-4-6-10-30)38(44)40-33-11-7-8-12-33/h4-6,9-10,13-23,33,36H,7-8,11-12,24-26H2,1-3H3,(H,40,44)/t36-/m1/s1. The number of carbonyl (C=O) groups is 2. The number of nitrogens with one attached hydrogen (secondary N) is 1. The second kappa shape index (κ2) is 15.2. The molecule has 1 N–H and O–H groups in total. The highest BCUT2D eigenvalue weighted by molar-refractivity contribution is 7.92. The SMILES string of the molecule is Cc1ccc(S(=O)(=O)N(CC(=O)N(Cc2ccc(Cl)cc2)[C@H](Cc2ccccc2)C(=O)NC2CCCC2)c2cc(C)ccc2C)cc1. The molecule has 47 heavy (non-hydrogen) atoms. The summed E-state index contributed by atoms with van der Waals surface area (Å²) in [5.41, 5.74) is 4.58. The number of anilines is 1. The van der Waals surface area contributed by atoms with Crippen molar-refractivity contribution in [1.29, 1.82) is 0 Å². The van der Waals surface area contributed by atoms with Gasteiger partial charge in [-0.15, -0.1) is 0 Å². The van der Waals surface area contributed by atoms with Crippen molar-refractivity contribution < 1.29 is 18.0 Å². The second-order valence-corrected chi connectivity index (χ2v) is 14.8. The van der Waals surface area contributed by atoms with Gasteiger partial charge in [-0.3, -0.25) is 13.9 Å². The van der Waals surface area contributed by atoms with E-state index in [1.54, 1.807) is 42.5 Å². The Morgan fingerprint density at radius 2 is 1.47 bits per heavy atom. The molecule has 1 atom stereocenters. The van der Waals surface area contributed by atoms with Crippen molar-refractivity contribution in [2.75, 3.05) is 10.8 Å². The number of amides is 2. The van der Waals surface area contributed by atoms with Crippen molar-refractivity contribution in [3.8, 4) is 0 Å². The van der Waals surface area contributed by atoms with Gasteiger partial charge in [0.1, 0.15) is 12.6 Å². The molecule has 0 radical (unpaired) electrons. The predicted octanol–water partition coefficient (Wildman–Crippen LogP) is 7.16. The Kier molecular flexibility index (Phi) is 11.0. The summed E-state index contributed by atoms with van der Waals surface area (Å²) in [5, 5.41) is 3.76. The lowest BCUT2D eigenvalue weighted by atomic mass is 10.0. The molecule has 0 heterocycles. The number of halogens is 1. The lowest BCUT2D eigenvalue weighted by molar-refractivity contribution is -0.140. The van der Waals surface area contributed by atoms with Crippen LogP contribution < -0.4 is 9.62 Å². The van der Waals surface area contributed by atoms with E-state index < -0.39 is 28.5 Å². The van der Waals surface area contributed by atoms with Gasteiger partial charge in [-0.05, 0) is 86.2 Å². The van der Waals surface area contributed by atoms with Gasteiger partial charge in [-0.2, -0.15) is 0 Å². The Bertz CT molecular complexity index is 1790. The average molecular weight is 672 g/mol. The first kappa shape index (κ1) is 34.2. The van der Waals surface area contributed by atoms with Crippen LogP contribution in [-0.4, -0.2) is 43.8 Å². The van der Waals surface area contributed by atoms with Crippen LogP contribution in [0.2, 0.25) is 5.02 Å². The molecule has 0 saturated heterocycles. The molecule has 5 rings (SSSR count). The zero-order valence-corrected chi connectivity index (χ0v) is 28.7.